The molecule has 0 aliphatic rings. The van der Waals surface area contributed by atoms with E-state index in [0.717, 1.165) is 17.4 Å². The third kappa shape index (κ3) is 4.64. The second-order valence-corrected chi connectivity index (χ2v) is 6.93. The van der Waals surface area contributed by atoms with Crippen molar-refractivity contribution >= 4 is 11.6 Å². The molecule has 10 heteroatoms. The zero-order valence-electron chi connectivity index (χ0n) is 17.0. The summed E-state index contributed by atoms with van der Waals surface area (Å²) in [6.07, 6.45) is -4.59. The normalized spacial score (nSPS) is 11.6. The highest BCUT2D eigenvalue weighted by molar-refractivity contribution is 5.91. The van der Waals surface area contributed by atoms with Crippen LogP contribution in [0.5, 0.6) is 5.75 Å². The first-order valence-corrected chi connectivity index (χ1v) is 9.17. The Bertz CT molecular complexity index is 1070. The summed E-state index contributed by atoms with van der Waals surface area (Å²) in [5.74, 6) is 0.105. The van der Waals surface area contributed by atoms with Crippen LogP contribution in [0.2, 0.25) is 0 Å². The predicted molar refractivity (Wildman–Crippen MR) is 104 cm³/mol. The van der Waals surface area contributed by atoms with E-state index in [9.17, 15) is 18.0 Å². The smallest absolute Gasteiger partial charge is 0.433 e. The molecule has 1 N–H and O–H groups in total. The number of aromatic nitrogens is 4. The molecule has 7 nitrogen and oxygen atoms in total. The molecule has 0 radical (unpaired) electrons. The maximum atomic E-state index is 13.1. The van der Waals surface area contributed by atoms with Crippen molar-refractivity contribution in [3.8, 4) is 5.75 Å². The minimum atomic E-state index is -4.59. The zero-order valence-corrected chi connectivity index (χ0v) is 17.0. The summed E-state index contributed by atoms with van der Waals surface area (Å²) in [6.45, 7) is 4.86. The largest absolute Gasteiger partial charge is 0.497 e. The van der Waals surface area contributed by atoms with Crippen LogP contribution in [-0.4, -0.2) is 32.6 Å². The van der Waals surface area contributed by atoms with Crippen molar-refractivity contribution in [2.75, 3.05) is 12.4 Å². The molecule has 0 aliphatic heterocycles. The summed E-state index contributed by atoms with van der Waals surface area (Å²) in [5.41, 5.74) is 1.92. The Morgan fingerprint density at radius 2 is 1.87 bits per heavy atom. The quantitative estimate of drug-likeness (QED) is 0.658. The number of nitrogens with one attached hydrogen (secondary N) is 1. The number of methoxy groups -OCH3 is 1. The number of aryl methyl sites for hydroxylation is 2. The molecule has 0 bridgehead atoms. The topological polar surface area (TPSA) is 74.0 Å². The molecule has 30 heavy (non-hydrogen) atoms. The van der Waals surface area contributed by atoms with Gasteiger partial charge in [0.25, 0.3) is 0 Å². The van der Waals surface area contributed by atoms with E-state index in [4.69, 9.17) is 4.74 Å². The van der Waals surface area contributed by atoms with Crippen LogP contribution in [-0.2, 0) is 24.1 Å². The number of ether oxygens (including phenoxy) is 1. The van der Waals surface area contributed by atoms with Gasteiger partial charge in [0, 0.05) is 0 Å². The molecular formula is C20H22F3N5O2. The van der Waals surface area contributed by atoms with Crippen LogP contribution in [0.15, 0.2) is 30.3 Å². The number of rotatable bonds is 6. The minimum Gasteiger partial charge on any atom is -0.497 e. The fourth-order valence-electron chi connectivity index (χ4n) is 3.18. The fraction of sp³-hybridized carbons (Fsp3) is 0.350. The lowest BCUT2D eigenvalue weighted by atomic mass is 10.2. The first-order chi connectivity index (χ1) is 14.1. The lowest BCUT2D eigenvalue weighted by Crippen LogP contribution is -2.24. The maximum Gasteiger partial charge on any atom is 0.433 e. The summed E-state index contributed by atoms with van der Waals surface area (Å²) >= 11 is 0. The highest BCUT2D eigenvalue weighted by atomic mass is 19.4. The number of carbonyl (C=O) groups excluding carboxylic acids is 1. The molecule has 0 spiro atoms. The van der Waals surface area contributed by atoms with Gasteiger partial charge in [0.1, 0.15) is 18.0 Å². The minimum absolute atomic E-state index is 0.189. The van der Waals surface area contributed by atoms with Gasteiger partial charge in [-0.2, -0.15) is 23.4 Å². The monoisotopic (exact) mass is 421 g/mol. The lowest BCUT2D eigenvalue weighted by molar-refractivity contribution is -0.144. The van der Waals surface area contributed by atoms with Crippen LogP contribution in [0, 0.1) is 20.8 Å². The Labute approximate surface area is 171 Å². The van der Waals surface area contributed by atoms with Crippen molar-refractivity contribution in [3.63, 3.8) is 0 Å². The molecule has 1 amide bonds. The number of benzene rings is 1. The van der Waals surface area contributed by atoms with E-state index in [1.807, 2.05) is 24.3 Å². The second-order valence-electron chi connectivity index (χ2n) is 6.93. The standard InChI is InChI=1S/C20H22F3N5O2/c1-12-8-17(20(21,22)23)28(25-12)11-18(29)24-19-13(2)26-27(14(19)3)10-15-6-5-7-16(9-15)30-4/h5-9H,10-11H2,1-4H3,(H,24,29). The van der Waals surface area contributed by atoms with Gasteiger partial charge >= 0.3 is 6.18 Å². The van der Waals surface area contributed by atoms with Gasteiger partial charge in [0.15, 0.2) is 0 Å². The van der Waals surface area contributed by atoms with Gasteiger partial charge in [-0.3, -0.25) is 14.2 Å². The second kappa shape index (κ2) is 8.21. The number of hydrogen-bond acceptors (Lipinski definition) is 4. The Kier molecular flexibility index (Phi) is 5.86. The Morgan fingerprint density at radius 3 is 2.53 bits per heavy atom. The van der Waals surface area contributed by atoms with E-state index < -0.39 is 24.3 Å². The van der Waals surface area contributed by atoms with Gasteiger partial charge in [-0.05, 0) is 44.5 Å². The third-order valence-corrected chi connectivity index (χ3v) is 4.60. The molecule has 3 aromatic rings. The predicted octanol–water partition coefficient (Wildman–Crippen LogP) is 3.72. The van der Waals surface area contributed by atoms with Gasteiger partial charge in [0.05, 0.1) is 36.4 Å². The SMILES string of the molecule is COc1cccc(Cn2nc(C)c(NC(=O)Cn3nc(C)cc3C(F)(F)F)c2C)c1. The Balaban J connectivity index is 1.77. The highest BCUT2D eigenvalue weighted by Crippen LogP contribution is 2.30. The number of halogens is 3. The number of alkyl halides is 3. The molecule has 0 aliphatic carbocycles. The average molecular weight is 421 g/mol. The summed E-state index contributed by atoms with van der Waals surface area (Å²) in [4.78, 5) is 12.4. The van der Waals surface area contributed by atoms with Crippen LogP contribution < -0.4 is 10.1 Å². The fourth-order valence-corrected chi connectivity index (χ4v) is 3.18. The van der Waals surface area contributed by atoms with Crippen molar-refractivity contribution in [2.24, 2.45) is 0 Å². The molecule has 2 heterocycles. The molecule has 0 unspecified atom stereocenters. The molecule has 3 rings (SSSR count). The van der Waals surface area contributed by atoms with Crippen LogP contribution in [0.3, 0.4) is 0 Å². The van der Waals surface area contributed by atoms with Crippen molar-refractivity contribution in [1.29, 1.82) is 0 Å². The van der Waals surface area contributed by atoms with Crippen molar-refractivity contribution < 1.29 is 22.7 Å². The van der Waals surface area contributed by atoms with Gasteiger partial charge in [0.2, 0.25) is 5.91 Å². The van der Waals surface area contributed by atoms with Crippen LogP contribution in [0.1, 0.15) is 28.3 Å². The summed E-state index contributed by atoms with van der Waals surface area (Å²) in [5, 5.41) is 10.9. The highest BCUT2D eigenvalue weighted by Gasteiger charge is 2.35. The number of anilines is 1. The number of carbonyl (C=O) groups is 1. The van der Waals surface area contributed by atoms with Crippen molar-refractivity contribution in [3.05, 3.63) is 58.7 Å². The summed E-state index contributed by atoms with van der Waals surface area (Å²) < 4.78 is 47.0. The van der Waals surface area contributed by atoms with Crippen LogP contribution >= 0.6 is 0 Å². The number of hydrogen-bond donors (Lipinski definition) is 1. The van der Waals surface area contributed by atoms with Gasteiger partial charge in [-0.15, -0.1) is 0 Å². The van der Waals surface area contributed by atoms with Gasteiger partial charge in [-0.25, -0.2) is 0 Å². The third-order valence-electron chi connectivity index (χ3n) is 4.60. The van der Waals surface area contributed by atoms with Crippen LogP contribution in [0.4, 0.5) is 18.9 Å². The molecule has 2 aromatic heterocycles. The molecule has 1 aromatic carbocycles. The number of nitrogens with zero attached hydrogens (tertiary/aromatic N) is 4. The first-order valence-electron chi connectivity index (χ1n) is 9.17. The Morgan fingerprint density at radius 1 is 1.13 bits per heavy atom. The average Bonchev–Trinajstić information content (AvgIpc) is 3.16. The molecule has 0 atom stereocenters. The van der Waals surface area contributed by atoms with E-state index in [1.165, 1.54) is 6.92 Å². The number of amides is 1. The van der Waals surface area contributed by atoms with E-state index in [0.29, 0.717) is 28.3 Å². The Hall–Kier alpha value is -3.30. The zero-order chi connectivity index (χ0) is 22.1. The molecular weight excluding hydrogens is 399 g/mol. The molecule has 160 valence electrons. The van der Waals surface area contributed by atoms with Crippen LogP contribution in [0.25, 0.3) is 0 Å². The summed E-state index contributed by atoms with van der Waals surface area (Å²) in [7, 11) is 1.58. The molecule has 0 fully saturated rings. The van der Waals surface area contributed by atoms with Gasteiger partial charge < -0.3 is 10.1 Å². The van der Waals surface area contributed by atoms with E-state index in [2.05, 4.69) is 15.5 Å². The van der Waals surface area contributed by atoms with E-state index in [-0.39, 0.29) is 5.69 Å². The van der Waals surface area contributed by atoms with E-state index >= 15 is 0 Å². The van der Waals surface area contributed by atoms with Crippen molar-refractivity contribution in [2.45, 2.75) is 40.0 Å². The van der Waals surface area contributed by atoms with E-state index in [1.54, 1.807) is 25.6 Å². The summed E-state index contributed by atoms with van der Waals surface area (Å²) in [6, 6.07) is 8.43. The maximum absolute atomic E-state index is 13.1. The van der Waals surface area contributed by atoms with Gasteiger partial charge in [-0.1, -0.05) is 12.1 Å². The van der Waals surface area contributed by atoms with Crippen molar-refractivity contribution in [1.82, 2.24) is 19.6 Å². The first kappa shape index (κ1) is 21.4. The molecule has 0 saturated heterocycles. The lowest BCUT2D eigenvalue weighted by Gasteiger charge is -2.11. The molecule has 0 saturated carbocycles.